The number of nitrogens with two attached hydrogens (primary N) is 1. The molecule has 0 saturated carbocycles. The maximum Gasteiger partial charge on any atom is 0.324 e. The highest BCUT2D eigenvalue weighted by atomic mass is 32.2. The third-order valence-electron chi connectivity index (χ3n) is 5.50. The Labute approximate surface area is 202 Å². The molecule has 180 valence electrons. The van der Waals surface area contributed by atoms with E-state index in [9.17, 15) is 18.7 Å². The van der Waals surface area contributed by atoms with Crippen molar-refractivity contribution < 1.29 is 18.7 Å². The van der Waals surface area contributed by atoms with Crippen LogP contribution in [0.3, 0.4) is 0 Å². The summed E-state index contributed by atoms with van der Waals surface area (Å²) in [5, 5.41) is 9.84. The third-order valence-corrected chi connectivity index (χ3v) is 6.03. The number of carbonyl (C=O) groups is 1. The topological polar surface area (TPSA) is 119 Å². The van der Waals surface area contributed by atoms with Crippen molar-refractivity contribution >= 4 is 22.8 Å². The van der Waals surface area contributed by atoms with Gasteiger partial charge in [-0.2, -0.15) is 0 Å². The number of nitrogens with one attached hydrogen (secondary N) is 1. The first-order chi connectivity index (χ1) is 16.4. The number of rotatable bonds is 10. The smallest absolute Gasteiger partial charge is 0.324 e. The maximum atomic E-state index is 13.5. The molecule has 0 spiro atoms. The zero-order valence-corrected chi connectivity index (χ0v) is 19.8. The van der Waals surface area contributed by atoms with E-state index in [2.05, 4.69) is 5.43 Å². The van der Waals surface area contributed by atoms with Gasteiger partial charge in [-0.15, -0.1) is 0 Å². The molecule has 0 bridgehead atoms. The molecule has 0 heterocycles. The van der Waals surface area contributed by atoms with Crippen LogP contribution in [0.5, 0.6) is 0 Å². The SMILES string of the molecule is CCN(CCS(=O)O)C(=O)N(Cc1ccc(C(O)NN)cc1)c1ccc(-c2ccccc2)cc1. The quantitative estimate of drug-likeness (QED) is 0.152. The number of anilines is 1. The van der Waals surface area contributed by atoms with Gasteiger partial charge in [0, 0.05) is 18.8 Å². The molecule has 8 nitrogen and oxygen atoms in total. The average molecular weight is 483 g/mol. The summed E-state index contributed by atoms with van der Waals surface area (Å²) in [4.78, 5) is 16.7. The molecule has 0 radical (unpaired) electrons. The van der Waals surface area contributed by atoms with E-state index in [1.807, 2.05) is 73.7 Å². The summed E-state index contributed by atoms with van der Waals surface area (Å²) in [7, 11) is 0. The van der Waals surface area contributed by atoms with Gasteiger partial charge < -0.3 is 14.6 Å². The minimum atomic E-state index is -1.98. The maximum absolute atomic E-state index is 13.5. The lowest BCUT2D eigenvalue weighted by Gasteiger charge is -2.30. The lowest BCUT2D eigenvalue weighted by Crippen LogP contribution is -2.44. The number of aliphatic hydroxyl groups is 1. The molecule has 0 saturated heterocycles. The zero-order chi connectivity index (χ0) is 24.5. The van der Waals surface area contributed by atoms with Gasteiger partial charge in [-0.3, -0.25) is 10.7 Å². The largest absolute Gasteiger partial charge is 0.373 e. The highest BCUT2D eigenvalue weighted by molar-refractivity contribution is 7.79. The second-order valence-electron chi connectivity index (χ2n) is 7.70. The molecule has 3 aromatic rings. The van der Waals surface area contributed by atoms with Crippen molar-refractivity contribution in [3.05, 3.63) is 90.0 Å². The fourth-order valence-electron chi connectivity index (χ4n) is 3.57. The zero-order valence-electron chi connectivity index (χ0n) is 19.0. The van der Waals surface area contributed by atoms with Crippen molar-refractivity contribution in [3.8, 4) is 11.1 Å². The summed E-state index contributed by atoms with van der Waals surface area (Å²) in [6.07, 6.45) is -0.979. The molecule has 9 heteroatoms. The lowest BCUT2D eigenvalue weighted by molar-refractivity contribution is 0.140. The van der Waals surface area contributed by atoms with E-state index in [-0.39, 0.29) is 24.9 Å². The van der Waals surface area contributed by atoms with E-state index in [0.717, 1.165) is 16.7 Å². The Hall–Kier alpha value is -3.08. The van der Waals surface area contributed by atoms with Crippen LogP contribution in [-0.4, -0.2) is 43.6 Å². The molecular weight excluding hydrogens is 452 g/mol. The Kier molecular flexibility index (Phi) is 9.32. The van der Waals surface area contributed by atoms with Crippen molar-refractivity contribution in [2.24, 2.45) is 5.84 Å². The van der Waals surface area contributed by atoms with Gasteiger partial charge in [0.25, 0.3) is 0 Å². The molecule has 0 aliphatic rings. The minimum absolute atomic E-state index is 0.0148. The summed E-state index contributed by atoms with van der Waals surface area (Å²) in [6, 6.07) is 24.6. The predicted octanol–water partition coefficient (Wildman–Crippen LogP) is 3.48. The molecular formula is C25H30N4O4S. The Morgan fingerprint density at radius 3 is 2.18 bits per heavy atom. The molecule has 3 aromatic carbocycles. The van der Waals surface area contributed by atoms with Crippen LogP contribution in [-0.2, 0) is 17.6 Å². The van der Waals surface area contributed by atoms with E-state index in [0.29, 0.717) is 17.8 Å². The van der Waals surface area contributed by atoms with E-state index in [1.165, 1.54) is 0 Å². The molecule has 0 aliphatic carbocycles. The highest BCUT2D eigenvalue weighted by Gasteiger charge is 2.22. The number of carbonyl (C=O) groups excluding carboxylic acids is 1. The fourth-order valence-corrected chi connectivity index (χ4v) is 3.94. The van der Waals surface area contributed by atoms with Crippen LogP contribution >= 0.6 is 0 Å². The predicted molar refractivity (Wildman–Crippen MR) is 135 cm³/mol. The highest BCUT2D eigenvalue weighted by Crippen LogP contribution is 2.25. The Morgan fingerprint density at radius 1 is 1.00 bits per heavy atom. The van der Waals surface area contributed by atoms with Gasteiger partial charge >= 0.3 is 6.03 Å². The number of amides is 2. The second-order valence-corrected chi connectivity index (χ2v) is 8.75. The number of nitrogens with zero attached hydrogens (tertiary/aromatic N) is 2. The Bertz CT molecular complexity index is 1080. The summed E-state index contributed by atoms with van der Waals surface area (Å²) in [5.74, 6) is 5.28. The van der Waals surface area contributed by atoms with Gasteiger partial charge in [-0.1, -0.05) is 66.7 Å². The van der Waals surface area contributed by atoms with Gasteiger partial charge in [0.05, 0.1) is 12.3 Å². The summed E-state index contributed by atoms with van der Waals surface area (Å²) >= 11 is -1.98. The first-order valence-corrected chi connectivity index (χ1v) is 12.2. The van der Waals surface area contributed by atoms with Crippen molar-refractivity contribution in [3.63, 3.8) is 0 Å². The number of hydrogen-bond donors (Lipinski definition) is 4. The Balaban J connectivity index is 1.89. The molecule has 0 fully saturated rings. The summed E-state index contributed by atoms with van der Waals surface area (Å²) < 4.78 is 20.4. The molecule has 2 atom stereocenters. The molecule has 2 amide bonds. The average Bonchev–Trinajstić information content (AvgIpc) is 2.88. The lowest BCUT2D eigenvalue weighted by atomic mass is 10.1. The van der Waals surface area contributed by atoms with E-state index in [1.54, 1.807) is 21.9 Å². The van der Waals surface area contributed by atoms with Gasteiger partial charge in [-0.05, 0) is 41.3 Å². The van der Waals surface area contributed by atoms with Gasteiger partial charge in [0.2, 0.25) is 0 Å². The van der Waals surface area contributed by atoms with Crippen LogP contribution in [0.15, 0.2) is 78.9 Å². The van der Waals surface area contributed by atoms with Crippen molar-refractivity contribution in [2.45, 2.75) is 19.7 Å². The van der Waals surface area contributed by atoms with Crippen LogP contribution in [0.2, 0.25) is 0 Å². The third kappa shape index (κ3) is 6.72. The van der Waals surface area contributed by atoms with E-state index < -0.39 is 17.3 Å². The minimum Gasteiger partial charge on any atom is -0.373 e. The van der Waals surface area contributed by atoms with Gasteiger partial charge in [0.15, 0.2) is 11.1 Å². The normalized spacial score (nSPS) is 12.7. The summed E-state index contributed by atoms with van der Waals surface area (Å²) in [5.41, 5.74) is 6.58. The summed E-state index contributed by atoms with van der Waals surface area (Å²) in [6.45, 7) is 2.70. The van der Waals surface area contributed by atoms with Crippen LogP contribution in [0, 0.1) is 0 Å². The van der Waals surface area contributed by atoms with E-state index >= 15 is 0 Å². The van der Waals surface area contributed by atoms with Gasteiger partial charge in [0.1, 0.15) is 6.23 Å². The monoisotopic (exact) mass is 482 g/mol. The first kappa shape index (κ1) is 25.5. The van der Waals surface area contributed by atoms with Crippen LogP contribution in [0.4, 0.5) is 10.5 Å². The Morgan fingerprint density at radius 2 is 1.62 bits per heavy atom. The number of benzene rings is 3. The second kappa shape index (κ2) is 12.4. The van der Waals surface area contributed by atoms with Crippen LogP contribution in [0.25, 0.3) is 11.1 Å². The van der Waals surface area contributed by atoms with Crippen molar-refractivity contribution in [2.75, 3.05) is 23.7 Å². The molecule has 0 aliphatic heterocycles. The number of hydrazine groups is 1. The molecule has 3 rings (SSSR count). The standard InChI is InChI=1S/C25H30N4O4S/c1-2-28(16-17-34(32)33)25(31)29(18-19-8-10-22(11-9-19)24(30)27-26)23-14-12-21(13-15-23)20-6-4-3-5-7-20/h3-15,24,27,30H,2,16-18,26H2,1H3,(H,32,33). The van der Waals surface area contributed by atoms with Crippen molar-refractivity contribution in [1.29, 1.82) is 0 Å². The first-order valence-electron chi connectivity index (χ1n) is 10.9. The molecule has 0 aromatic heterocycles. The fraction of sp³-hybridized carbons (Fsp3) is 0.240. The molecule has 5 N–H and O–H groups in total. The molecule has 2 unspecified atom stereocenters. The molecule has 34 heavy (non-hydrogen) atoms. The van der Waals surface area contributed by atoms with Crippen LogP contribution in [0.1, 0.15) is 24.3 Å². The van der Waals surface area contributed by atoms with Crippen molar-refractivity contribution in [1.82, 2.24) is 10.3 Å². The number of aliphatic hydroxyl groups excluding tert-OH is 1. The van der Waals surface area contributed by atoms with E-state index in [4.69, 9.17) is 5.84 Å². The van der Waals surface area contributed by atoms with Crippen LogP contribution < -0.4 is 16.2 Å². The number of hydrogen-bond acceptors (Lipinski definition) is 5. The van der Waals surface area contributed by atoms with Gasteiger partial charge in [-0.25, -0.2) is 14.4 Å². The number of urea groups is 1.